The fourth-order valence-corrected chi connectivity index (χ4v) is 2.98. The third kappa shape index (κ3) is 5.60. The molecule has 0 saturated carbocycles. The Hall–Kier alpha value is -1.80. The van der Waals surface area contributed by atoms with Gasteiger partial charge in [0.15, 0.2) is 0 Å². The lowest BCUT2D eigenvalue weighted by molar-refractivity contribution is -0.143. The lowest BCUT2D eigenvalue weighted by atomic mass is 9.97. The van der Waals surface area contributed by atoms with Crippen molar-refractivity contribution in [2.45, 2.75) is 57.9 Å². The number of thiocarbonyl (C=S) groups is 1. The molecule has 6 nitrogen and oxygen atoms in total. The van der Waals surface area contributed by atoms with E-state index in [1.54, 1.807) is 31.3 Å². The minimum absolute atomic E-state index is 0.220. The molecular formula is C18H24N2O4S2. The Balaban J connectivity index is 0.000000359. The van der Waals surface area contributed by atoms with Crippen molar-refractivity contribution in [1.82, 2.24) is 9.88 Å². The van der Waals surface area contributed by atoms with Gasteiger partial charge < -0.3 is 5.11 Å². The predicted octanol–water partition coefficient (Wildman–Crippen LogP) is 3.35. The summed E-state index contributed by atoms with van der Waals surface area (Å²) < 4.78 is 0.254. The number of amides is 2. The number of imide groups is 1. The molecule has 0 radical (unpaired) electrons. The van der Waals surface area contributed by atoms with Crippen LogP contribution in [0.4, 0.5) is 0 Å². The molecular weight excluding hydrogens is 372 g/mol. The van der Waals surface area contributed by atoms with Crippen LogP contribution in [0.5, 0.6) is 0 Å². The number of carboxylic acids is 1. The first-order valence-electron chi connectivity index (χ1n) is 8.47. The Morgan fingerprint density at radius 2 is 1.92 bits per heavy atom. The van der Waals surface area contributed by atoms with Crippen molar-refractivity contribution in [1.29, 1.82) is 0 Å². The van der Waals surface area contributed by atoms with Gasteiger partial charge in [0.1, 0.15) is 5.54 Å². The highest BCUT2D eigenvalue weighted by Crippen LogP contribution is 2.34. The van der Waals surface area contributed by atoms with Crippen LogP contribution in [0.25, 0.3) is 0 Å². The van der Waals surface area contributed by atoms with Gasteiger partial charge in [0, 0.05) is 25.5 Å². The fourth-order valence-electron chi connectivity index (χ4n) is 2.57. The second kappa shape index (κ2) is 10.4. The molecule has 0 bridgehead atoms. The summed E-state index contributed by atoms with van der Waals surface area (Å²) in [6, 6.07) is 5.29. The molecule has 0 spiro atoms. The van der Waals surface area contributed by atoms with E-state index in [-0.39, 0.29) is 28.9 Å². The van der Waals surface area contributed by atoms with E-state index >= 15 is 0 Å². The molecule has 8 heteroatoms. The summed E-state index contributed by atoms with van der Waals surface area (Å²) >= 11 is 9.32. The van der Waals surface area contributed by atoms with Crippen molar-refractivity contribution in [2.24, 2.45) is 0 Å². The smallest absolute Gasteiger partial charge is 0.303 e. The van der Waals surface area contributed by atoms with Crippen LogP contribution in [0.2, 0.25) is 0 Å². The Morgan fingerprint density at radius 1 is 1.31 bits per heavy atom. The lowest BCUT2D eigenvalue weighted by Gasteiger charge is -2.35. The molecule has 1 fully saturated rings. The van der Waals surface area contributed by atoms with Gasteiger partial charge >= 0.3 is 5.97 Å². The van der Waals surface area contributed by atoms with E-state index in [1.165, 1.54) is 4.90 Å². The number of carbonyl (C=O) groups excluding carboxylic acids is 2. The molecule has 1 saturated heterocycles. The number of aromatic nitrogens is 1. The van der Waals surface area contributed by atoms with Crippen LogP contribution >= 0.6 is 24.8 Å². The molecule has 1 atom stereocenters. The maximum absolute atomic E-state index is 11.9. The van der Waals surface area contributed by atoms with E-state index < -0.39 is 11.5 Å². The first-order chi connectivity index (χ1) is 12.2. The first kappa shape index (κ1) is 22.2. The van der Waals surface area contributed by atoms with Gasteiger partial charge in [-0.1, -0.05) is 38.0 Å². The van der Waals surface area contributed by atoms with Crippen LogP contribution in [-0.4, -0.2) is 37.0 Å². The lowest BCUT2D eigenvalue weighted by Crippen LogP contribution is -2.50. The number of hydrogen-bond donors (Lipinski definition) is 2. The van der Waals surface area contributed by atoms with Crippen LogP contribution in [0.1, 0.15) is 58.1 Å². The van der Waals surface area contributed by atoms with Crippen molar-refractivity contribution in [3.05, 3.63) is 30.1 Å². The molecule has 0 aliphatic carbocycles. The summed E-state index contributed by atoms with van der Waals surface area (Å²) in [5.41, 5.74) is -0.515. The molecule has 1 aliphatic heterocycles. The monoisotopic (exact) mass is 396 g/mol. The third-order valence-electron chi connectivity index (χ3n) is 4.07. The summed E-state index contributed by atoms with van der Waals surface area (Å²) in [5.74, 6) is -1.15. The van der Waals surface area contributed by atoms with Gasteiger partial charge in [-0.3, -0.25) is 24.3 Å². The standard InChI is InChI=1S/C12H12N2O2S2.C6H12O2/c1-12(11(17)18,8-4-2-3-7-13-8)14-9(15)5-6-10(14)16;1-2-3-4-5-6(7)8/h2-4,7H,5-6H2,1H3,(H,17,18);2-5H2,1H3,(H,7,8). The minimum atomic E-state index is -1.07. The number of carbonyl (C=O) groups is 3. The Kier molecular flexibility index (Phi) is 8.87. The first-order valence-corrected chi connectivity index (χ1v) is 9.33. The number of nitrogens with zero attached hydrogens (tertiary/aromatic N) is 2. The van der Waals surface area contributed by atoms with Crippen molar-refractivity contribution in [2.75, 3.05) is 0 Å². The van der Waals surface area contributed by atoms with Crippen LogP contribution < -0.4 is 0 Å². The molecule has 1 aromatic rings. The molecule has 1 aliphatic rings. The molecule has 26 heavy (non-hydrogen) atoms. The summed E-state index contributed by atoms with van der Waals surface area (Å²) in [4.78, 5) is 39.0. The number of pyridine rings is 1. The van der Waals surface area contributed by atoms with Gasteiger partial charge in [0.05, 0.1) is 9.89 Å². The van der Waals surface area contributed by atoms with Gasteiger partial charge in [-0.15, -0.1) is 12.6 Å². The van der Waals surface area contributed by atoms with Gasteiger partial charge in [0.2, 0.25) is 11.8 Å². The molecule has 2 amide bonds. The second-order valence-corrected chi connectivity index (χ2v) is 7.22. The number of thiol groups is 1. The SMILES string of the molecule is CC(C(=S)S)(c1ccccn1)N1C(=O)CCC1=O.CCCCCC(=O)O. The number of likely N-dealkylation sites (tertiary alicyclic amines) is 1. The Bertz CT molecular complexity index is 650. The molecule has 2 heterocycles. The van der Waals surface area contributed by atoms with E-state index in [4.69, 9.17) is 17.3 Å². The second-order valence-electron chi connectivity index (χ2n) is 6.07. The molecule has 1 N–H and O–H groups in total. The van der Waals surface area contributed by atoms with Crippen molar-refractivity contribution < 1.29 is 19.5 Å². The number of rotatable bonds is 7. The fraction of sp³-hybridized carbons (Fsp3) is 0.500. The van der Waals surface area contributed by atoms with Gasteiger partial charge in [-0.25, -0.2) is 0 Å². The van der Waals surface area contributed by atoms with Crippen LogP contribution in [0, 0.1) is 0 Å². The summed E-state index contributed by atoms with van der Waals surface area (Å²) in [6.07, 6.45) is 5.32. The van der Waals surface area contributed by atoms with Gasteiger partial charge in [-0.2, -0.15) is 0 Å². The third-order valence-corrected chi connectivity index (χ3v) is 4.91. The number of carboxylic acid groups (broad SMARTS) is 1. The molecule has 2 rings (SSSR count). The number of hydrogen-bond acceptors (Lipinski definition) is 5. The number of aliphatic carboxylic acids is 1. The van der Waals surface area contributed by atoms with Crippen molar-refractivity contribution >= 4 is 46.8 Å². The molecule has 0 aromatic carbocycles. The zero-order valence-corrected chi connectivity index (χ0v) is 16.7. The maximum atomic E-state index is 11.9. The van der Waals surface area contributed by atoms with E-state index in [1.807, 2.05) is 0 Å². The minimum Gasteiger partial charge on any atom is -0.481 e. The molecule has 1 unspecified atom stereocenters. The zero-order valence-electron chi connectivity index (χ0n) is 15.0. The van der Waals surface area contributed by atoms with Crippen molar-refractivity contribution in [3.63, 3.8) is 0 Å². The molecule has 142 valence electrons. The topological polar surface area (TPSA) is 87.6 Å². The van der Waals surface area contributed by atoms with E-state index in [9.17, 15) is 14.4 Å². The molecule has 1 aromatic heterocycles. The van der Waals surface area contributed by atoms with Gasteiger partial charge in [0.25, 0.3) is 0 Å². The Labute approximate surface area is 164 Å². The normalized spacial score (nSPS) is 15.9. The average Bonchev–Trinajstić information content (AvgIpc) is 2.94. The zero-order chi connectivity index (χ0) is 19.7. The van der Waals surface area contributed by atoms with E-state index in [0.29, 0.717) is 12.1 Å². The van der Waals surface area contributed by atoms with E-state index in [0.717, 1.165) is 19.3 Å². The summed E-state index contributed by atoms with van der Waals surface area (Å²) in [5, 5.41) is 8.14. The summed E-state index contributed by atoms with van der Waals surface area (Å²) in [7, 11) is 0. The average molecular weight is 397 g/mol. The van der Waals surface area contributed by atoms with E-state index in [2.05, 4.69) is 24.5 Å². The quantitative estimate of drug-likeness (QED) is 0.318. The van der Waals surface area contributed by atoms with Crippen LogP contribution in [-0.2, 0) is 19.9 Å². The Morgan fingerprint density at radius 3 is 2.35 bits per heavy atom. The van der Waals surface area contributed by atoms with Crippen LogP contribution in [0.3, 0.4) is 0 Å². The van der Waals surface area contributed by atoms with Gasteiger partial charge in [-0.05, 0) is 25.5 Å². The highest BCUT2D eigenvalue weighted by atomic mass is 32.1. The van der Waals surface area contributed by atoms with Crippen LogP contribution in [0.15, 0.2) is 24.4 Å². The number of unbranched alkanes of at least 4 members (excludes halogenated alkanes) is 2. The largest absolute Gasteiger partial charge is 0.481 e. The predicted molar refractivity (Wildman–Crippen MR) is 106 cm³/mol. The highest BCUT2D eigenvalue weighted by molar-refractivity contribution is 8.11. The highest BCUT2D eigenvalue weighted by Gasteiger charge is 2.47. The van der Waals surface area contributed by atoms with Crippen molar-refractivity contribution in [3.8, 4) is 0 Å². The maximum Gasteiger partial charge on any atom is 0.303 e. The summed E-state index contributed by atoms with van der Waals surface area (Å²) in [6.45, 7) is 3.76.